The molecule has 3 nitrogen and oxygen atoms in total. The Morgan fingerprint density at radius 2 is 2.24 bits per heavy atom. The van der Waals surface area contributed by atoms with Gasteiger partial charge >= 0.3 is 0 Å². The summed E-state index contributed by atoms with van der Waals surface area (Å²) in [6.07, 6.45) is 4.80. The average molecular weight is 285 g/mol. The number of fused-ring (bicyclic) bond motifs is 1. The van der Waals surface area contributed by atoms with Crippen LogP contribution in [0.15, 0.2) is 18.2 Å². The molecule has 3 atom stereocenters. The number of rotatable bonds is 1. The predicted molar refractivity (Wildman–Crippen MR) is 81.8 cm³/mol. The van der Waals surface area contributed by atoms with Gasteiger partial charge in [-0.2, -0.15) is 0 Å². The number of Topliss-reactive ketones (excluding diaryl/α,β-unsaturated/α-hetero) is 1. The monoisotopic (exact) mass is 285 g/mol. The molecule has 3 unspecified atom stereocenters. The standard InChI is InChI=1S/C18H23NO2/c1-19-8-7-18-11-13(20)4-6-15(18)17(19)9-12-3-5-14(21-2)10-16(12)18/h3,5,10,15,17H,4,6-9,11H2,1-2H3. The summed E-state index contributed by atoms with van der Waals surface area (Å²) in [5, 5.41) is 0. The van der Waals surface area contributed by atoms with Crippen LogP contribution in [0.5, 0.6) is 5.75 Å². The van der Waals surface area contributed by atoms with Crippen LogP contribution in [0, 0.1) is 5.92 Å². The molecular formula is C18H23NO2. The molecule has 1 aromatic rings. The predicted octanol–water partition coefficient (Wildman–Crippen LogP) is 2.56. The molecule has 21 heavy (non-hydrogen) atoms. The third-order valence-corrected chi connectivity index (χ3v) is 6.18. The van der Waals surface area contributed by atoms with Crippen LogP contribution in [0.3, 0.4) is 0 Å². The summed E-state index contributed by atoms with van der Waals surface area (Å²) in [5.41, 5.74) is 2.91. The highest BCUT2D eigenvalue weighted by molar-refractivity contribution is 5.81. The molecule has 0 aromatic heterocycles. The Morgan fingerprint density at radius 3 is 3.05 bits per heavy atom. The van der Waals surface area contributed by atoms with E-state index >= 15 is 0 Å². The Hall–Kier alpha value is -1.35. The van der Waals surface area contributed by atoms with Crippen molar-refractivity contribution in [1.29, 1.82) is 0 Å². The van der Waals surface area contributed by atoms with Crippen molar-refractivity contribution in [3.05, 3.63) is 29.3 Å². The number of carbonyl (C=O) groups is 1. The molecule has 3 heteroatoms. The molecule has 1 aromatic carbocycles. The third kappa shape index (κ3) is 1.80. The van der Waals surface area contributed by atoms with E-state index in [1.807, 2.05) is 0 Å². The summed E-state index contributed by atoms with van der Waals surface area (Å²) < 4.78 is 5.45. The van der Waals surface area contributed by atoms with Gasteiger partial charge in [0.2, 0.25) is 0 Å². The van der Waals surface area contributed by atoms with E-state index in [4.69, 9.17) is 4.74 Å². The summed E-state index contributed by atoms with van der Waals surface area (Å²) in [4.78, 5) is 14.7. The lowest BCUT2D eigenvalue weighted by atomic mass is 9.52. The molecule has 1 heterocycles. The number of nitrogens with zero attached hydrogens (tertiary/aromatic N) is 1. The maximum Gasteiger partial charge on any atom is 0.133 e. The first-order chi connectivity index (χ1) is 10.1. The number of carbonyl (C=O) groups excluding carboxylic acids is 1. The zero-order valence-corrected chi connectivity index (χ0v) is 12.9. The molecule has 2 bridgehead atoms. The third-order valence-electron chi connectivity index (χ3n) is 6.18. The van der Waals surface area contributed by atoms with Crippen molar-refractivity contribution in [3.8, 4) is 5.75 Å². The van der Waals surface area contributed by atoms with E-state index in [1.54, 1.807) is 7.11 Å². The molecule has 1 saturated heterocycles. The Kier molecular flexibility index (Phi) is 2.90. The molecule has 0 spiro atoms. The first kappa shape index (κ1) is 13.3. The smallest absolute Gasteiger partial charge is 0.133 e. The maximum atomic E-state index is 12.2. The fourth-order valence-electron chi connectivity index (χ4n) is 5.12. The van der Waals surface area contributed by atoms with Gasteiger partial charge in [-0.1, -0.05) is 6.07 Å². The van der Waals surface area contributed by atoms with Crippen LogP contribution in [-0.4, -0.2) is 37.4 Å². The lowest BCUT2D eigenvalue weighted by Crippen LogP contribution is -2.60. The quantitative estimate of drug-likeness (QED) is 0.794. The molecule has 4 rings (SSSR count). The van der Waals surface area contributed by atoms with Gasteiger partial charge < -0.3 is 9.64 Å². The number of ketones is 1. The highest BCUT2D eigenvalue weighted by Crippen LogP contribution is 2.55. The normalized spacial score (nSPS) is 35.0. The van der Waals surface area contributed by atoms with Gasteiger partial charge in [-0.05, 0) is 62.0 Å². The van der Waals surface area contributed by atoms with Crippen LogP contribution < -0.4 is 4.74 Å². The van der Waals surface area contributed by atoms with Gasteiger partial charge in [0.05, 0.1) is 7.11 Å². The van der Waals surface area contributed by atoms with E-state index in [0.29, 0.717) is 17.7 Å². The molecule has 2 fully saturated rings. The van der Waals surface area contributed by atoms with Crippen molar-refractivity contribution >= 4 is 5.78 Å². The second kappa shape index (κ2) is 4.57. The van der Waals surface area contributed by atoms with Gasteiger partial charge in [-0.25, -0.2) is 0 Å². The maximum absolute atomic E-state index is 12.2. The van der Waals surface area contributed by atoms with Crippen LogP contribution in [0.1, 0.15) is 36.8 Å². The number of piperidine rings is 1. The average Bonchev–Trinajstić information content (AvgIpc) is 2.50. The van der Waals surface area contributed by atoms with Crippen LogP contribution >= 0.6 is 0 Å². The van der Waals surface area contributed by atoms with Gasteiger partial charge in [0, 0.05) is 24.3 Å². The summed E-state index contributed by atoms with van der Waals surface area (Å²) in [5.74, 6) is 2.01. The molecule has 2 aliphatic carbocycles. The van der Waals surface area contributed by atoms with E-state index in [0.717, 1.165) is 44.4 Å². The second-order valence-corrected chi connectivity index (χ2v) is 7.04. The first-order valence-electron chi connectivity index (χ1n) is 8.03. The van der Waals surface area contributed by atoms with Crippen molar-refractivity contribution in [2.45, 2.75) is 43.6 Å². The molecular weight excluding hydrogens is 262 g/mol. The number of hydrogen-bond donors (Lipinski definition) is 0. The number of hydrogen-bond acceptors (Lipinski definition) is 3. The van der Waals surface area contributed by atoms with Crippen molar-refractivity contribution in [2.24, 2.45) is 5.92 Å². The van der Waals surface area contributed by atoms with Crippen LogP contribution in [0.4, 0.5) is 0 Å². The summed E-state index contributed by atoms with van der Waals surface area (Å²) in [6, 6.07) is 7.10. The second-order valence-electron chi connectivity index (χ2n) is 7.04. The van der Waals surface area contributed by atoms with Gasteiger partial charge in [0.25, 0.3) is 0 Å². The lowest BCUT2D eigenvalue weighted by molar-refractivity contribution is -0.126. The number of likely N-dealkylation sites (N-methyl/N-ethyl adjacent to an activating group) is 1. The Balaban J connectivity index is 1.90. The molecule has 0 amide bonds. The van der Waals surface area contributed by atoms with E-state index in [1.165, 1.54) is 11.1 Å². The molecule has 3 aliphatic rings. The van der Waals surface area contributed by atoms with Crippen LogP contribution in [0.25, 0.3) is 0 Å². The highest BCUT2D eigenvalue weighted by Gasteiger charge is 2.54. The molecule has 112 valence electrons. The fourth-order valence-corrected chi connectivity index (χ4v) is 5.12. The lowest BCUT2D eigenvalue weighted by Gasteiger charge is -2.58. The number of likely N-dealkylation sites (tertiary alicyclic amines) is 1. The van der Waals surface area contributed by atoms with E-state index in [2.05, 4.69) is 30.1 Å². The Bertz CT molecular complexity index is 597. The molecule has 0 N–H and O–H groups in total. The fraction of sp³-hybridized carbons (Fsp3) is 0.611. The largest absolute Gasteiger partial charge is 0.497 e. The van der Waals surface area contributed by atoms with Crippen molar-refractivity contribution in [3.63, 3.8) is 0 Å². The van der Waals surface area contributed by atoms with Crippen molar-refractivity contribution < 1.29 is 9.53 Å². The summed E-state index contributed by atoms with van der Waals surface area (Å²) in [6.45, 7) is 1.10. The first-order valence-corrected chi connectivity index (χ1v) is 8.03. The number of methoxy groups -OCH3 is 1. The molecule has 0 radical (unpaired) electrons. The zero-order valence-electron chi connectivity index (χ0n) is 12.9. The van der Waals surface area contributed by atoms with Gasteiger partial charge in [-0.3, -0.25) is 4.79 Å². The number of ether oxygens (including phenoxy) is 1. The summed E-state index contributed by atoms with van der Waals surface area (Å²) in [7, 11) is 3.97. The van der Waals surface area contributed by atoms with E-state index in [9.17, 15) is 4.79 Å². The SMILES string of the molecule is COc1ccc2c(c1)C13CCN(C)C(C2)C1CCC(=O)C3. The van der Waals surface area contributed by atoms with Gasteiger partial charge in [0.1, 0.15) is 11.5 Å². The van der Waals surface area contributed by atoms with Gasteiger partial charge in [-0.15, -0.1) is 0 Å². The number of benzene rings is 1. The van der Waals surface area contributed by atoms with Gasteiger partial charge in [0.15, 0.2) is 0 Å². The molecule has 1 saturated carbocycles. The zero-order chi connectivity index (χ0) is 14.6. The van der Waals surface area contributed by atoms with E-state index < -0.39 is 0 Å². The van der Waals surface area contributed by atoms with Crippen molar-refractivity contribution in [1.82, 2.24) is 4.90 Å². The highest BCUT2D eigenvalue weighted by atomic mass is 16.5. The van der Waals surface area contributed by atoms with Crippen LogP contribution in [0.2, 0.25) is 0 Å². The Labute approximate surface area is 126 Å². The minimum Gasteiger partial charge on any atom is -0.497 e. The summed E-state index contributed by atoms with van der Waals surface area (Å²) >= 11 is 0. The van der Waals surface area contributed by atoms with Crippen LogP contribution in [-0.2, 0) is 16.6 Å². The minimum atomic E-state index is 0.0780. The molecule has 1 aliphatic heterocycles. The minimum absolute atomic E-state index is 0.0780. The topological polar surface area (TPSA) is 29.5 Å². The Morgan fingerprint density at radius 1 is 1.38 bits per heavy atom. The van der Waals surface area contributed by atoms with Crippen molar-refractivity contribution in [2.75, 3.05) is 20.7 Å². The van der Waals surface area contributed by atoms with E-state index in [-0.39, 0.29) is 5.41 Å².